The Bertz CT molecular complexity index is 2220. The maximum Gasteiger partial charge on any atom is 0.196 e. The Kier molecular flexibility index (Phi) is 6.14. The average molecular weight is 571 g/mol. The maximum atomic E-state index is 13.3. The molecule has 0 amide bonds. The highest BCUT2D eigenvalue weighted by Gasteiger charge is 2.29. The van der Waals surface area contributed by atoms with E-state index < -0.39 is 16.6 Å². The maximum absolute atomic E-state index is 13.3. The number of ether oxygens (including phenoxy) is 4. The van der Waals surface area contributed by atoms with Crippen molar-refractivity contribution in [2.45, 2.75) is 13.8 Å². The van der Waals surface area contributed by atoms with Gasteiger partial charge in [0.05, 0.1) is 44.8 Å². The number of benzene rings is 4. The molecule has 0 aliphatic heterocycles. The fourth-order valence-corrected chi connectivity index (χ4v) is 5.66. The summed E-state index contributed by atoms with van der Waals surface area (Å²) >= 11 is 0. The minimum atomic E-state index is -0.479. The van der Waals surface area contributed by atoms with E-state index in [-0.39, 0.29) is 55.7 Å². The second kappa shape index (κ2) is 9.62. The number of fused-ring (bicyclic) bond motifs is 5. The van der Waals surface area contributed by atoms with Crippen molar-refractivity contribution >= 4 is 43.5 Å². The van der Waals surface area contributed by atoms with Gasteiger partial charge in [0.25, 0.3) is 0 Å². The number of phenols is 2. The Hall–Kier alpha value is -5.38. The normalized spacial score (nSPS) is 11.5. The largest absolute Gasteiger partial charge is 0.506 e. The quantitative estimate of drug-likeness (QED) is 0.189. The number of hydrogen-bond acceptors (Lipinski definition) is 10. The molecular formula is C32H26O10. The molecule has 2 aromatic heterocycles. The molecule has 0 unspecified atom stereocenters. The van der Waals surface area contributed by atoms with Crippen LogP contribution in [-0.2, 0) is 0 Å². The highest BCUT2D eigenvalue weighted by molar-refractivity contribution is 6.20. The van der Waals surface area contributed by atoms with Crippen LogP contribution in [0.25, 0.3) is 54.6 Å². The molecule has 0 spiro atoms. The van der Waals surface area contributed by atoms with Gasteiger partial charge in [-0.2, -0.15) is 0 Å². The van der Waals surface area contributed by atoms with E-state index in [4.69, 9.17) is 27.8 Å². The molecule has 0 bridgehead atoms. The predicted molar refractivity (Wildman–Crippen MR) is 158 cm³/mol. The van der Waals surface area contributed by atoms with Crippen LogP contribution in [0.4, 0.5) is 0 Å². The molecular weight excluding hydrogens is 544 g/mol. The van der Waals surface area contributed by atoms with E-state index in [1.54, 1.807) is 38.1 Å². The number of hydrogen-bond donors (Lipinski definition) is 2. The van der Waals surface area contributed by atoms with Gasteiger partial charge in [-0.1, -0.05) is 0 Å². The molecule has 4 aromatic carbocycles. The highest BCUT2D eigenvalue weighted by atomic mass is 16.5. The molecule has 0 aliphatic rings. The van der Waals surface area contributed by atoms with Crippen molar-refractivity contribution in [3.8, 4) is 45.6 Å². The van der Waals surface area contributed by atoms with E-state index in [0.717, 1.165) is 0 Å². The number of aryl methyl sites for hydroxylation is 2. The zero-order valence-corrected chi connectivity index (χ0v) is 23.6. The Balaban J connectivity index is 1.92. The summed E-state index contributed by atoms with van der Waals surface area (Å²) in [7, 11) is 5.78. The summed E-state index contributed by atoms with van der Waals surface area (Å²) in [6.07, 6.45) is 0. The third-order valence-corrected chi connectivity index (χ3v) is 7.38. The molecule has 214 valence electrons. The topological polar surface area (TPSA) is 138 Å². The summed E-state index contributed by atoms with van der Waals surface area (Å²) in [5, 5.41) is 24.6. The van der Waals surface area contributed by atoms with Crippen LogP contribution in [0.2, 0.25) is 0 Å². The van der Waals surface area contributed by atoms with Crippen LogP contribution < -0.4 is 29.8 Å². The van der Waals surface area contributed by atoms with Crippen molar-refractivity contribution in [3.63, 3.8) is 0 Å². The van der Waals surface area contributed by atoms with Crippen LogP contribution in [0.3, 0.4) is 0 Å². The average Bonchev–Trinajstić information content (AvgIpc) is 2.95. The van der Waals surface area contributed by atoms with Crippen molar-refractivity contribution in [2.75, 3.05) is 28.4 Å². The van der Waals surface area contributed by atoms with Crippen LogP contribution in [0.15, 0.2) is 54.8 Å². The van der Waals surface area contributed by atoms with Crippen molar-refractivity contribution in [3.05, 3.63) is 68.4 Å². The lowest BCUT2D eigenvalue weighted by molar-refractivity contribution is 0.397. The Morgan fingerprint density at radius 3 is 1.93 bits per heavy atom. The fraction of sp³-hybridized carbons (Fsp3) is 0.188. The van der Waals surface area contributed by atoms with E-state index in [1.165, 1.54) is 40.6 Å². The smallest absolute Gasteiger partial charge is 0.196 e. The van der Waals surface area contributed by atoms with Crippen LogP contribution in [0.1, 0.15) is 11.5 Å². The molecule has 42 heavy (non-hydrogen) atoms. The third kappa shape index (κ3) is 3.72. The standard InChI is InChI=1S/C32H26O10/c1-13-7-18(33)26-22(41-13)10-15-9-20(38-4)28(31(40-6)23(15)29(26)35)25-17-11-16(37-3)12-21(39-5)24(17)32-27(30(25)36)19(34)8-14(2)42-32/h7-12,35-36H,1-6H3. The molecule has 0 radical (unpaired) electrons. The summed E-state index contributed by atoms with van der Waals surface area (Å²) in [6, 6.07) is 9.10. The van der Waals surface area contributed by atoms with E-state index in [2.05, 4.69) is 0 Å². The highest BCUT2D eigenvalue weighted by Crippen LogP contribution is 2.55. The molecule has 6 rings (SSSR count). The summed E-state index contributed by atoms with van der Waals surface area (Å²) in [5.41, 5.74) is -0.267. The van der Waals surface area contributed by atoms with Gasteiger partial charge in [0.2, 0.25) is 0 Å². The number of rotatable bonds is 5. The zero-order valence-electron chi connectivity index (χ0n) is 23.6. The fourth-order valence-electron chi connectivity index (χ4n) is 5.66. The van der Waals surface area contributed by atoms with Gasteiger partial charge in [-0.15, -0.1) is 0 Å². The van der Waals surface area contributed by atoms with Gasteiger partial charge in [0.15, 0.2) is 16.4 Å². The van der Waals surface area contributed by atoms with Gasteiger partial charge in [0.1, 0.15) is 62.4 Å². The van der Waals surface area contributed by atoms with Gasteiger partial charge in [-0.25, -0.2) is 0 Å². The first-order valence-electron chi connectivity index (χ1n) is 12.8. The van der Waals surface area contributed by atoms with Crippen LogP contribution in [0.5, 0.6) is 34.5 Å². The summed E-state index contributed by atoms with van der Waals surface area (Å²) in [4.78, 5) is 26.2. The Labute approximate surface area is 237 Å². The van der Waals surface area contributed by atoms with Crippen molar-refractivity contribution < 1.29 is 38.0 Å². The molecule has 0 fully saturated rings. The first kappa shape index (κ1) is 26.8. The van der Waals surface area contributed by atoms with Crippen LogP contribution >= 0.6 is 0 Å². The lowest BCUT2D eigenvalue weighted by Crippen LogP contribution is -2.05. The number of aromatic hydroxyl groups is 2. The minimum absolute atomic E-state index is 0.0328. The predicted octanol–water partition coefficient (Wildman–Crippen LogP) is 5.94. The summed E-state index contributed by atoms with van der Waals surface area (Å²) in [6.45, 7) is 3.27. The van der Waals surface area contributed by atoms with E-state index in [0.29, 0.717) is 39.2 Å². The minimum Gasteiger partial charge on any atom is -0.506 e. The Morgan fingerprint density at radius 2 is 1.29 bits per heavy atom. The first-order chi connectivity index (χ1) is 20.1. The van der Waals surface area contributed by atoms with Crippen molar-refractivity contribution in [1.29, 1.82) is 0 Å². The van der Waals surface area contributed by atoms with Crippen molar-refractivity contribution in [1.82, 2.24) is 0 Å². The molecule has 0 saturated heterocycles. The first-order valence-corrected chi connectivity index (χ1v) is 12.8. The second-order valence-electron chi connectivity index (χ2n) is 9.81. The molecule has 10 heteroatoms. The van der Waals surface area contributed by atoms with Gasteiger partial charge in [0, 0.05) is 29.1 Å². The third-order valence-electron chi connectivity index (χ3n) is 7.38. The molecule has 0 atom stereocenters. The Morgan fingerprint density at radius 1 is 0.619 bits per heavy atom. The SMILES string of the molecule is COc1cc(OC)c2c(c1)c(-c1c(OC)cc3cc4oc(C)cc(=O)c4c(O)c3c1OC)c(O)c1c(=O)cc(C)oc12. The molecule has 0 aliphatic carbocycles. The van der Waals surface area contributed by atoms with Gasteiger partial charge in [-0.05, 0) is 37.4 Å². The molecule has 6 aromatic rings. The van der Waals surface area contributed by atoms with Crippen molar-refractivity contribution in [2.24, 2.45) is 0 Å². The summed E-state index contributed by atoms with van der Waals surface area (Å²) < 4.78 is 34.6. The second-order valence-corrected chi connectivity index (χ2v) is 9.81. The molecule has 2 heterocycles. The van der Waals surface area contributed by atoms with E-state index >= 15 is 0 Å². The van der Waals surface area contributed by atoms with Gasteiger partial charge < -0.3 is 38.0 Å². The lowest BCUT2D eigenvalue weighted by Gasteiger charge is -2.21. The van der Waals surface area contributed by atoms with Crippen LogP contribution in [-0.4, -0.2) is 38.7 Å². The van der Waals surface area contributed by atoms with E-state index in [9.17, 15) is 19.8 Å². The van der Waals surface area contributed by atoms with E-state index in [1.807, 2.05) is 0 Å². The van der Waals surface area contributed by atoms with Crippen LogP contribution in [0, 0.1) is 13.8 Å². The number of phenolic OH excluding ortho intramolecular Hbond substituents is 2. The van der Waals surface area contributed by atoms with Gasteiger partial charge in [-0.3, -0.25) is 9.59 Å². The zero-order chi connectivity index (χ0) is 30.0. The molecule has 10 nitrogen and oxygen atoms in total. The van der Waals surface area contributed by atoms with Gasteiger partial charge >= 0.3 is 0 Å². The molecule has 2 N–H and O–H groups in total. The molecule has 0 saturated carbocycles. The number of methoxy groups -OCH3 is 4. The summed E-state index contributed by atoms with van der Waals surface area (Å²) in [5.74, 6) is 0.983. The monoisotopic (exact) mass is 570 g/mol. The lowest BCUT2D eigenvalue weighted by atomic mass is 9.90.